The first kappa shape index (κ1) is 32.9. The summed E-state index contributed by atoms with van der Waals surface area (Å²) in [6.07, 6.45) is 1.83. The molecule has 1 spiro atoms. The molecule has 2 aliphatic heterocycles. The first-order valence-corrected chi connectivity index (χ1v) is 10.8. The van der Waals surface area contributed by atoms with E-state index in [1.807, 2.05) is 6.92 Å². The van der Waals surface area contributed by atoms with Crippen LogP contribution in [0.1, 0.15) is 68.2 Å². The van der Waals surface area contributed by atoms with E-state index in [2.05, 4.69) is 38.3 Å². The normalized spacial score (nSPS) is 24.0. The fraction of sp³-hybridized carbons (Fsp3) is 0.864. The highest BCUT2D eigenvalue weighted by Gasteiger charge is 2.54. The van der Waals surface area contributed by atoms with Crippen LogP contribution in [0.3, 0.4) is 0 Å². The number of carbonyl (C=O) groups excluding carboxylic acids is 3. The predicted molar refractivity (Wildman–Crippen MR) is 127 cm³/mol. The lowest BCUT2D eigenvalue weighted by Gasteiger charge is -2.51. The standard InChI is InChI=1S/C13H26N2O2.3C3H7NO/c1-10(2)6-13(7-11(3,4)14-10)15-12(5,8-16)9-17-13;3*1-3(5)2-4/h14-16H,6-9H2,1-5H3;3*2,4H2,1H3. The maximum atomic E-state index is 9.69. The topological polar surface area (TPSA) is 183 Å². The van der Waals surface area contributed by atoms with Gasteiger partial charge in [0.25, 0.3) is 0 Å². The summed E-state index contributed by atoms with van der Waals surface area (Å²) in [5, 5.41) is 16.6. The summed E-state index contributed by atoms with van der Waals surface area (Å²) >= 11 is 0. The van der Waals surface area contributed by atoms with Crippen LogP contribution in [0.25, 0.3) is 0 Å². The molecule has 2 fully saturated rings. The minimum absolute atomic E-state index is 0.0324. The number of hydrogen-bond acceptors (Lipinski definition) is 10. The highest BCUT2D eigenvalue weighted by Crippen LogP contribution is 2.41. The van der Waals surface area contributed by atoms with Crippen LogP contribution in [0.5, 0.6) is 0 Å². The molecule has 2 heterocycles. The van der Waals surface area contributed by atoms with Gasteiger partial charge in [-0.25, -0.2) is 0 Å². The predicted octanol–water partition coefficient (Wildman–Crippen LogP) is -0.404. The number of ketones is 3. The minimum atomic E-state index is -0.302. The Kier molecular flexibility index (Phi) is 14.5. The molecule has 0 radical (unpaired) electrons. The zero-order chi connectivity index (χ0) is 25.8. The maximum absolute atomic E-state index is 9.69. The van der Waals surface area contributed by atoms with Crippen molar-refractivity contribution >= 4 is 17.3 Å². The molecule has 1 atom stereocenters. The first-order valence-electron chi connectivity index (χ1n) is 10.8. The molecule has 0 aromatic rings. The number of hydrogen-bond donors (Lipinski definition) is 6. The number of nitrogens with one attached hydrogen (secondary N) is 2. The molecule has 0 aromatic carbocycles. The van der Waals surface area contributed by atoms with E-state index in [-0.39, 0.29) is 65.9 Å². The second kappa shape index (κ2) is 14.1. The quantitative estimate of drug-likeness (QED) is 0.322. The van der Waals surface area contributed by atoms with Gasteiger partial charge in [-0.1, -0.05) is 0 Å². The van der Waals surface area contributed by atoms with Gasteiger partial charge in [0.05, 0.1) is 38.4 Å². The van der Waals surface area contributed by atoms with E-state index in [0.717, 1.165) is 12.8 Å². The monoisotopic (exact) mass is 461 g/mol. The number of Topliss-reactive ketones (excluding diaryl/α,β-unsaturated/α-hetero) is 3. The lowest BCUT2D eigenvalue weighted by Crippen LogP contribution is -2.68. The van der Waals surface area contributed by atoms with Gasteiger partial charge in [-0.3, -0.25) is 19.7 Å². The van der Waals surface area contributed by atoms with E-state index in [0.29, 0.717) is 6.61 Å². The highest BCUT2D eigenvalue weighted by molar-refractivity contribution is 5.77. The Bertz CT molecular complexity index is 560. The molecule has 2 saturated heterocycles. The molecule has 1 unspecified atom stereocenters. The van der Waals surface area contributed by atoms with Gasteiger partial charge < -0.3 is 32.4 Å². The van der Waals surface area contributed by atoms with E-state index in [1.165, 1.54) is 20.8 Å². The molecule has 0 saturated carbocycles. The van der Waals surface area contributed by atoms with E-state index in [4.69, 9.17) is 21.9 Å². The molecule has 32 heavy (non-hydrogen) atoms. The number of nitrogens with two attached hydrogens (primary N) is 3. The van der Waals surface area contributed by atoms with Crippen LogP contribution in [0.4, 0.5) is 0 Å². The third kappa shape index (κ3) is 14.7. The lowest BCUT2D eigenvalue weighted by atomic mass is 9.77. The summed E-state index contributed by atoms with van der Waals surface area (Å²) < 4.78 is 6.05. The highest BCUT2D eigenvalue weighted by atomic mass is 16.5. The number of carbonyl (C=O) groups is 3. The summed E-state index contributed by atoms with van der Waals surface area (Å²) in [5.74, 6) is 0.0972. The van der Waals surface area contributed by atoms with Crippen molar-refractivity contribution in [1.82, 2.24) is 10.6 Å². The van der Waals surface area contributed by atoms with Crippen molar-refractivity contribution in [3.05, 3.63) is 0 Å². The van der Waals surface area contributed by atoms with E-state index in [9.17, 15) is 19.5 Å². The van der Waals surface area contributed by atoms with Gasteiger partial charge in [-0.05, 0) is 55.4 Å². The molecular weight excluding hydrogens is 414 g/mol. The Hall–Kier alpha value is -1.27. The van der Waals surface area contributed by atoms with E-state index in [1.54, 1.807) is 0 Å². The maximum Gasteiger partial charge on any atom is 0.143 e. The van der Waals surface area contributed by atoms with E-state index >= 15 is 0 Å². The Morgan fingerprint density at radius 3 is 1.31 bits per heavy atom. The Balaban J connectivity index is 0. The van der Waals surface area contributed by atoms with Crippen LogP contribution < -0.4 is 27.8 Å². The van der Waals surface area contributed by atoms with Crippen molar-refractivity contribution in [2.24, 2.45) is 17.2 Å². The molecule has 10 heteroatoms. The molecule has 2 rings (SSSR count). The van der Waals surface area contributed by atoms with Crippen LogP contribution in [0.15, 0.2) is 0 Å². The SMILES string of the molecule is CC(=O)CN.CC(=O)CN.CC(=O)CN.CC1(C)CC2(CC(C)(C)N1)NC(C)(CO)CO2. The summed E-state index contributed by atoms with van der Waals surface area (Å²) in [4.78, 5) is 29.1. The number of rotatable bonds is 4. The number of aliphatic hydroxyl groups is 1. The van der Waals surface area contributed by atoms with Crippen molar-refractivity contribution in [2.45, 2.75) is 90.6 Å². The smallest absolute Gasteiger partial charge is 0.143 e. The average Bonchev–Trinajstić information content (AvgIpc) is 2.96. The zero-order valence-electron chi connectivity index (χ0n) is 21.3. The van der Waals surface area contributed by atoms with Crippen molar-refractivity contribution in [3.63, 3.8) is 0 Å². The van der Waals surface area contributed by atoms with Crippen molar-refractivity contribution in [3.8, 4) is 0 Å². The molecule has 9 N–H and O–H groups in total. The largest absolute Gasteiger partial charge is 0.394 e. The summed E-state index contributed by atoms with van der Waals surface area (Å²) in [5.41, 5.74) is 13.9. The third-order valence-electron chi connectivity index (χ3n) is 4.54. The van der Waals surface area contributed by atoms with Crippen LogP contribution >= 0.6 is 0 Å². The van der Waals surface area contributed by atoms with Gasteiger partial charge in [-0.15, -0.1) is 0 Å². The van der Waals surface area contributed by atoms with Gasteiger partial charge in [0, 0.05) is 23.9 Å². The third-order valence-corrected chi connectivity index (χ3v) is 4.54. The van der Waals surface area contributed by atoms with Gasteiger partial charge in [0.15, 0.2) is 0 Å². The summed E-state index contributed by atoms with van der Waals surface area (Å²) in [6, 6.07) is 0. The second-order valence-corrected chi connectivity index (χ2v) is 10.1. The number of aliphatic hydroxyl groups excluding tert-OH is 1. The number of piperidine rings is 1. The molecule has 0 aliphatic carbocycles. The molecule has 2 aliphatic rings. The van der Waals surface area contributed by atoms with E-state index < -0.39 is 0 Å². The fourth-order valence-corrected chi connectivity index (χ4v) is 3.69. The van der Waals surface area contributed by atoms with Gasteiger partial charge in [0.1, 0.15) is 23.1 Å². The molecular formula is C22H47N5O5. The lowest BCUT2D eigenvalue weighted by molar-refractivity contribution is -0.116. The van der Waals surface area contributed by atoms with Crippen molar-refractivity contribution in [1.29, 1.82) is 0 Å². The second-order valence-electron chi connectivity index (χ2n) is 10.1. The molecule has 190 valence electrons. The van der Waals surface area contributed by atoms with Crippen molar-refractivity contribution in [2.75, 3.05) is 32.8 Å². The molecule has 10 nitrogen and oxygen atoms in total. The zero-order valence-corrected chi connectivity index (χ0v) is 21.3. The number of ether oxygens (including phenoxy) is 1. The van der Waals surface area contributed by atoms with Crippen LogP contribution in [-0.2, 0) is 19.1 Å². The van der Waals surface area contributed by atoms with Crippen LogP contribution in [0, 0.1) is 0 Å². The van der Waals surface area contributed by atoms with Gasteiger partial charge in [0.2, 0.25) is 0 Å². The molecule has 0 amide bonds. The Labute approximate surface area is 193 Å². The molecule has 0 bridgehead atoms. The van der Waals surface area contributed by atoms with Crippen molar-refractivity contribution < 1.29 is 24.2 Å². The van der Waals surface area contributed by atoms with Gasteiger partial charge >= 0.3 is 0 Å². The summed E-state index contributed by atoms with van der Waals surface area (Å²) in [7, 11) is 0. The van der Waals surface area contributed by atoms with Crippen LogP contribution in [-0.4, -0.2) is 77.6 Å². The van der Waals surface area contributed by atoms with Gasteiger partial charge in [-0.2, -0.15) is 0 Å². The minimum Gasteiger partial charge on any atom is -0.394 e. The average molecular weight is 462 g/mol. The van der Waals surface area contributed by atoms with Crippen LogP contribution in [0.2, 0.25) is 0 Å². The fourth-order valence-electron chi connectivity index (χ4n) is 3.69. The Morgan fingerprint density at radius 1 is 0.781 bits per heavy atom. The summed E-state index contributed by atoms with van der Waals surface area (Å²) in [6.45, 7) is 16.4. The molecule has 0 aromatic heterocycles. The first-order chi connectivity index (χ1) is 14.4. The Morgan fingerprint density at radius 2 is 1.09 bits per heavy atom.